The summed E-state index contributed by atoms with van der Waals surface area (Å²) in [4.78, 5) is 59.6. The highest BCUT2D eigenvalue weighted by molar-refractivity contribution is 6.67. The molecule has 0 aromatic heterocycles. The van der Waals surface area contributed by atoms with Crippen molar-refractivity contribution in [3.8, 4) is 0 Å². The van der Waals surface area contributed by atoms with Gasteiger partial charge < -0.3 is 9.64 Å². The second-order valence-electron chi connectivity index (χ2n) is 12.4. The lowest BCUT2D eigenvalue weighted by Crippen LogP contribution is -2.38. The van der Waals surface area contributed by atoms with Gasteiger partial charge >= 0.3 is 12.1 Å². The van der Waals surface area contributed by atoms with Crippen LogP contribution in [0.25, 0.3) is 10.8 Å². The Morgan fingerprint density at radius 3 is 2.40 bits per heavy atom. The number of allylic oxidation sites excluding steroid dienone is 4. The zero-order valence-corrected chi connectivity index (χ0v) is 26.5. The Labute approximate surface area is 278 Å². The van der Waals surface area contributed by atoms with Gasteiger partial charge in [0.25, 0.3) is 0 Å². The summed E-state index contributed by atoms with van der Waals surface area (Å²) in [5, 5.41) is 5.62. The van der Waals surface area contributed by atoms with Gasteiger partial charge in [-0.15, -0.1) is 0 Å². The Morgan fingerprint density at radius 2 is 1.60 bits per heavy atom. The van der Waals surface area contributed by atoms with Gasteiger partial charge in [0.1, 0.15) is 0 Å². The standard InChI is InChI=1S/C40H34N2O6/c1-47-39(45)36(41-48-40(46)42-20-18-26(19-21-42)25-8-3-2-4-9-25)38(44)31-17-15-29-22-28-14-16-30(23-34(28)35(29)24-31)37(43)33-13-7-11-27-10-5-6-12-32(27)33/h2-17,23-24,26,29,35H,18-22H2,1H3/b41-36-. The molecule has 0 N–H and O–H groups in total. The second kappa shape index (κ2) is 13.2. The lowest BCUT2D eigenvalue weighted by Gasteiger charge is -2.30. The maximum absolute atomic E-state index is 13.7. The highest BCUT2D eigenvalue weighted by Crippen LogP contribution is 2.43. The van der Waals surface area contributed by atoms with Gasteiger partial charge in [-0.3, -0.25) is 14.4 Å². The minimum atomic E-state index is -0.998. The van der Waals surface area contributed by atoms with E-state index < -0.39 is 23.6 Å². The van der Waals surface area contributed by atoms with Crippen LogP contribution in [0.4, 0.5) is 4.79 Å². The van der Waals surface area contributed by atoms with Crippen molar-refractivity contribution >= 4 is 40.1 Å². The summed E-state index contributed by atoms with van der Waals surface area (Å²) in [6, 6.07) is 29.4. The van der Waals surface area contributed by atoms with Gasteiger partial charge in [-0.25, -0.2) is 9.59 Å². The van der Waals surface area contributed by atoms with Gasteiger partial charge in [0.15, 0.2) is 5.78 Å². The monoisotopic (exact) mass is 638 g/mol. The molecule has 7 rings (SSSR count). The topological polar surface area (TPSA) is 102 Å². The van der Waals surface area contributed by atoms with Crippen LogP contribution in [0, 0.1) is 5.92 Å². The van der Waals surface area contributed by atoms with Crippen molar-refractivity contribution in [3.63, 3.8) is 0 Å². The van der Waals surface area contributed by atoms with Crippen LogP contribution in [0.2, 0.25) is 0 Å². The van der Waals surface area contributed by atoms with E-state index in [1.807, 2.05) is 84.9 Å². The fourth-order valence-electron chi connectivity index (χ4n) is 7.12. The number of oxime groups is 1. The first-order valence-corrected chi connectivity index (χ1v) is 16.2. The van der Waals surface area contributed by atoms with E-state index in [2.05, 4.69) is 17.3 Å². The predicted octanol–water partition coefficient (Wildman–Crippen LogP) is 6.94. The number of ketones is 2. The molecule has 2 aliphatic carbocycles. The zero-order valence-electron chi connectivity index (χ0n) is 26.5. The van der Waals surface area contributed by atoms with Crippen molar-refractivity contribution in [2.45, 2.75) is 31.1 Å². The second-order valence-corrected chi connectivity index (χ2v) is 12.4. The fourth-order valence-corrected chi connectivity index (χ4v) is 7.12. The van der Waals surface area contributed by atoms with Gasteiger partial charge in [0.2, 0.25) is 11.5 Å². The van der Waals surface area contributed by atoms with E-state index in [-0.39, 0.29) is 23.2 Å². The van der Waals surface area contributed by atoms with Crippen molar-refractivity contribution < 1.29 is 28.8 Å². The predicted molar refractivity (Wildman–Crippen MR) is 182 cm³/mol. The highest BCUT2D eigenvalue weighted by Gasteiger charge is 2.35. The zero-order chi connectivity index (χ0) is 33.2. The molecule has 48 heavy (non-hydrogen) atoms. The molecule has 1 saturated heterocycles. The van der Waals surface area contributed by atoms with Crippen LogP contribution in [0.15, 0.2) is 120 Å². The summed E-state index contributed by atoms with van der Waals surface area (Å²) < 4.78 is 4.84. The van der Waals surface area contributed by atoms with E-state index in [0.29, 0.717) is 30.1 Å². The van der Waals surface area contributed by atoms with E-state index >= 15 is 0 Å². The van der Waals surface area contributed by atoms with Gasteiger partial charge in [0.05, 0.1) is 7.11 Å². The van der Waals surface area contributed by atoms with Gasteiger partial charge in [-0.05, 0) is 64.6 Å². The molecule has 1 heterocycles. The number of likely N-dealkylation sites (tertiary alicyclic amines) is 1. The van der Waals surface area contributed by atoms with Crippen molar-refractivity contribution in [3.05, 3.63) is 143 Å². The van der Waals surface area contributed by atoms with E-state index in [9.17, 15) is 19.2 Å². The van der Waals surface area contributed by atoms with E-state index in [1.165, 1.54) is 10.5 Å². The molecule has 2 unspecified atom stereocenters. The molecule has 0 radical (unpaired) electrons. The van der Waals surface area contributed by atoms with Crippen LogP contribution >= 0.6 is 0 Å². The van der Waals surface area contributed by atoms with Crippen LogP contribution in [-0.4, -0.2) is 54.4 Å². The molecule has 0 spiro atoms. The number of methoxy groups -OCH3 is 1. The number of piperidine rings is 1. The molecule has 1 fully saturated rings. The Balaban J connectivity index is 1.08. The van der Waals surface area contributed by atoms with Crippen LogP contribution in [-0.2, 0) is 25.6 Å². The molecular formula is C40H34N2O6. The summed E-state index contributed by atoms with van der Waals surface area (Å²) in [6.45, 7) is 0.938. The SMILES string of the molecule is COC(=O)/C(=N\OC(=O)N1CCC(c2ccccc2)CC1)C(=O)C1=CC2c3cc(C(=O)c4cccc5ccccc45)ccc3CC2C=C1. The molecule has 8 heteroatoms. The quantitative estimate of drug-likeness (QED) is 0.0543. The number of amides is 1. The average molecular weight is 639 g/mol. The fraction of sp³-hybridized carbons (Fsp3) is 0.225. The molecular weight excluding hydrogens is 604 g/mol. The summed E-state index contributed by atoms with van der Waals surface area (Å²) >= 11 is 0. The summed E-state index contributed by atoms with van der Waals surface area (Å²) in [6.07, 6.45) is 6.99. The van der Waals surface area contributed by atoms with E-state index in [1.54, 1.807) is 12.2 Å². The first kappa shape index (κ1) is 31.0. The molecule has 4 aromatic rings. The van der Waals surface area contributed by atoms with Crippen LogP contribution in [0.3, 0.4) is 0 Å². The largest absolute Gasteiger partial charge is 0.464 e. The maximum Gasteiger partial charge on any atom is 0.435 e. The molecule has 8 nitrogen and oxygen atoms in total. The number of Topliss-reactive ketones (excluding diaryl/α,β-unsaturated/α-hetero) is 1. The lowest BCUT2D eigenvalue weighted by atomic mass is 9.84. The molecule has 0 saturated carbocycles. The molecule has 1 amide bonds. The molecule has 240 valence electrons. The third-order valence-electron chi connectivity index (χ3n) is 9.70. The Kier molecular flexibility index (Phi) is 8.55. The number of carbonyl (C=O) groups is 4. The number of fused-ring (bicyclic) bond motifs is 4. The molecule has 2 atom stereocenters. The molecule has 4 aromatic carbocycles. The van der Waals surface area contributed by atoms with Gasteiger partial charge in [-0.1, -0.05) is 108 Å². The van der Waals surface area contributed by atoms with Crippen molar-refractivity contribution in [2.75, 3.05) is 20.2 Å². The molecule has 1 aliphatic heterocycles. The first-order chi connectivity index (χ1) is 23.4. The number of hydrogen-bond donors (Lipinski definition) is 0. The number of rotatable bonds is 7. The Bertz CT molecular complexity index is 2010. The van der Waals surface area contributed by atoms with Crippen LogP contribution < -0.4 is 0 Å². The van der Waals surface area contributed by atoms with Crippen LogP contribution in [0.5, 0.6) is 0 Å². The number of benzene rings is 4. The summed E-state index contributed by atoms with van der Waals surface area (Å²) in [5.74, 6) is -1.53. The number of nitrogens with zero attached hydrogens (tertiary/aromatic N) is 2. The average Bonchev–Trinajstić information content (AvgIpc) is 3.51. The first-order valence-electron chi connectivity index (χ1n) is 16.2. The van der Waals surface area contributed by atoms with Crippen LogP contribution in [0.1, 0.15) is 57.3 Å². The molecule has 3 aliphatic rings. The van der Waals surface area contributed by atoms with Crippen molar-refractivity contribution in [1.29, 1.82) is 0 Å². The Hall–Kier alpha value is -5.63. The van der Waals surface area contributed by atoms with Gasteiger partial charge in [-0.2, -0.15) is 0 Å². The van der Waals surface area contributed by atoms with Crippen molar-refractivity contribution in [1.82, 2.24) is 4.90 Å². The van der Waals surface area contributed by atoms with Gasteiger partial charge in [0, 0.05) is 35.7 Å². The minimum Gasteiger partial charge on any atom is -0.464 e. The number of ether oxygens (including phenoxy) is 1. The number of hydrogen-bond acceptors (Lipinski definition) is 7. The third-order valence-corrected chi connectivity index (χ3v) is 9.70. The number of carbonyl (C=O) groups excluding carboxylic acids is 4. The summed E-state index contributed by atoms with van der Waals surface area (Å²) in [7, 11) is 1.14. The van der Waals surface area contributed by atoms with E-state index in [0.717, 1.165) is 48.3 Å². The normalized spacial score (nSPS) is 18.9. The maximum atomic E-state index is 13.7. The minimum absolute atomic E-state index is 0.0732. The van der Waals surface area contributed by atoms with E-state index in [4.69, 9.17) is 9.57 Å². The number of esters is 1. The third kappa shape index (κ3) is 5.97. The smallest absolute Gasteiger partial charge is 0.435 e. The highest BCUT2D eigenvalue weighted by atomic mass is 16.7. The molecule has 0 bridgehead atoms. The van der Waals surface area contributed by atoms with Crippen molar-refractivity contribution in [2.24, 2.45) is 11.1 Å². The summed E-state index contributed by atoms with van der Waals surface area (Å²) in [5.41, 5.74) is 4.11. The lowest BCUT2D eigenvalue weighted by molar-refractivity contribution is -0.133. The Morgan fingerprint density at radius 1 is 0.854 bits per heavy atom.